The molecule has 0 saturated carbocycles. The van der Waals surface area contributed by atoms with Crippen LogP contribution in [0.15, 0.2) is 0 Å². The Morgan fingerprint density at radius 3 is 1.85 bits per heavy atom. The van der Waals surface area contributed by atoms with Gasteiger partial charge in [0, 0.05) is 19.8 Å². The van der Waals surface area contributed by atoms with Crippen molar-refractivity contribution in [2.24, 2.45) is 0 Å². The normalized spacial score (nSPS) is 13.4. The summed E-state index contributed by atoms with van der Waals surface area (Å²) in [6, 6.07) is 0. The SMILES string of the molecule is CCN[Si](NC(C)(C)C)(OC)OC. The molecule has 0 radical (unpaired) electrons. The van der Waals surface area contributed by atoms with Crippen LogP contribution in [0, 0.1) is 0 Å². The molecule has 0 atom stereocenters. The van der Waals surface area contributed by atoms with Gasteiger partial charge in [-0.25, -0.2) is 0 Å². The van der Waals surface area contributed by atoms with Gasteiger partial charge in [0.1, 0.15) is 0 Å². The molecular weight excluding hydrogens is 184 g/mol. The molecular formula is C8H22N2O2Si. The van der Waals surface area contributed by atoms with Gasteiger partial charge >= 0.3 is 8.88 Å². The molecule has 0 unspecified atom stereocenters. The van der Waals surface area contributed by atoms with Gasteiger partial charge in [-0.3, -0.25) is 9.96 Å². The first-order valence-corrected chi connectivity index (χ1v) is 6.35. The van der Waals surface area contributed by atoms with E-state index in [0.29, 0.717) is 0 Å². The molecule has 0 aromatic heterocycles. The predicted octanol–water partition coefficient (Wildman–Crippen LogP) is 0.712. The van der Waals surface area contributed by atoms with Crippen LogP contribution >= 0.6 is 0 Å². The summed E-state index contributed by atoms with van der Waals surface area (Å²) in [6.07, 6.45) is 0. The molecule has 0 heterocycles. The van der Waals surface area contributed by atoms with E-state index in [2.05, 4.69) is 30.7 Å². The molecule has 0 saturated heterocycles. The Labute approximate surface area is 82.4 Å². The van der Waals surface area contributed by atoms with Crippen molar-refractivity contribution in [3.05, 3.63) is 0 Å². The number of nitrogens with one attached hydrogen (secondary N) is 2. The molecule has 13 heavy (non-hydrogen) atoms. The highest BCUT2D eigenvalue weighted by Gasteiger charge is 2.40. The minimum absolute atomic E-state index is 0.0135. The first kappa shape index (κ1) is 13.1. The molecule has 0 aliphatic heterocycles. The lowest BCUT2D eigenvalue weighted by atomic mass is 10.1. The Morgan fingerprint density at radius 2 is 1.62 bits per heavy atom. The zero-order valence-corrected chi connectivity index (χ0v) is 10.5. The molecule has 2 N–H and O–H groups in total. The van der Waals surface area contributed by atoms with Crippen LogP contribution in [0.5, 0.6) is 0 Å². The standard InChI is InChI=1S/C8H22N2O2Si/c1-7-9-13(11-5,12-6)10-8(2,3)4/h9-10H,7H2,1-6H3. The fourth-order valence-corrected chi connectivity index (χ4v) is 3.30. The van der Waals surface area contributed by atoms with Crippen LogP contribution in [0.2, 0.25) is 0 Å². The van der Waals surface area contributed by atoms with Crippen LogP contribution in [0.1, 0.15) is 27.7 Å². The molecule has 0 rings (SSSR count). The average Bonchev–Trinajstić information content (AvgIpc) is 2.01. The van der Waals surface area contributed by atoms with Crippen LogP contribution in [0.3, 0.4) is 0 Å². The van der Waals surface area contributed by atoms with Gasteiger partial charge in [0.25, 0.3) is 0 Å². The smallest absolute Gasteiger partial charge is 0.374 e. The third-order valence-corrected chi connectivity index (χ3v) is 4.57. The molecule has 0 aromatic carbocycles. The second kappa shape index (κ2) is 5.07. The largest absolute Gasteiger partial charge is 0.516 e. The summed E-state index contributed by atoms with van der Waals surface area (Å²) in [5.74, 6) is 0. The zero-order valence-electron chi connectivity index (χ0n) is 9.52. The van der Waals surface area contributed by atoms with E-state index in [1.54, 1.807) is 14.2 Å². The van der Waals surface area contributed by atoms with Crippen molar-refractivity contribution in [1.29, 1.82) is 0 Å². The molecule has 0 aliphatic carbocycles. The Kier molecular flexibility index (Phi) is 5.09. The van der Waals surface area contributed by atoms with E-state index in [-0.39, 0.29) is 5.54 Å². The van der Waals surface area contributed by atoms with Gasteiger partial charge in [0.15, 0.2) is 0 Å². The van der Waals surface area contributed by atoms with Crippen LogP contribution in [-0.4, -0.2) is 35.2 Å². The Bertz CT molecular complexity index is 144. The number of hydrogen-bond acceptors (Lipinski definition) is 4. The van der Waals surface area contributed by atoms with E-state index in [1.807, 2.05) is 6.92 Å². The lowest BCUT2D eigenvalue weighted by Gasteiger charge is -2.34. The first-order chi connectivity index (χ1) is 5.89. The first-order valence-electron chi connectivity index (χ1n) is 4.54. The highest BCUT2D eigenvalue weighted by molar-refractivity contribution is 6.62. The molecule has 0 fully saturated rings. The van der Waals surface area contributed by atoms with Gasteiger partial charge in [0.2, 0.25) is 0 Å². The van der Waals surface area contributed by atoms with E-state index in [0.717, 1.165) is 6.54 Å². The zero-order chi connectivity index (χ0) is 10.5. The Hall–Kier alpha value is 0.0569. The van der Waals surface area contributed by atoms with Crippen LogP contribution in [0.4, 0.5) is 0 Å². The lowest BCUT2D eigenvalue weighted by molar-refractivity contribution is 0.199. The third-order valence-electron chi connectivity index (χ3n) is 1.52. The van der Waals surface area contributed by atoms with Gasteiger partial charge < -0.3 is 8.85 Å². The molecule has 80 valence electrons. The average molecular weight is 206 g/mol. The van der Waals surface area contributed by atoms with Crippen molar-refractivity contribution in [1.82, 2.24) is 9.96 Å². The second-order valence-corrected chi connectivity index (χ2v) is 6.58. The second-order valence-electron chi connectivity index (χ2n) is 3.93. The van der Waals surface area contributed by atoms with E-state index in [9.17, 15) is 0 Å². The Balaban J connectivity index is 4.38. The molecule has 0 amide bonds. The fourth-order valence-electron chi connectivity index (χ4n) is 1.10. The molecule has 4 nitrogen and oxygen atoms in total. The van der Waals surface area contributed by atoms with Crippen molar-refractivity contribution in [2.75, 3.05) is 20.8 Å². The van der Waals surface area contributed by atoms with Gasteiger partial charge in [-0.1, -0.05) is 6.92 Å². The van der Waals surface area contributed by atoms with Gasteiger partial charge in [0.05, 0.1) is 0 Å². The molecule has 0 bridgehead atoms. The van der Waals surface area contributed by atoms with E-state index in [1.165, 1.54) is 0 Å². The fraction of sp³-hybridized carbons (Fsp3) is 1.00. The predicted molar refractivity (Wildman–Crippen MR) is 56.3 cm³/mol. The summed E-state index contributed by atoms with van der Waals surface area (Å²) < 4.78 is 10.8. The third kappa shape index (κ3) is 4.73. The minimum atomic E-state index is -2.38. The summed E-state index contributed by atoms with van der Waals surface area (Å²) in [6.45, 7) is 9.12. The Morgan fingerprint density at radius 1 is 1.15 bits per heavy atom. The summed E-state index contributed by atoms with van der Waals surface area (Å²) in [5, 5.41) is 0. The number of hydrogen-bond donors (Lipinski definition) is 2. The van der Waals surface area contributed by atoms with Crippen molar-refractivity contribution in [2.45, 2.75) is 33.2 Å². The maximum Gasteiger partial charge on any atom is 0.516 e. The highest BCUT2D eigenvalue weighted by atomic mass is 28.4. The van der Waals surface area contributed by atoms with E-state index in [4.69, 9.17) is 8.85 Å². The van der Waals surface area contributed by atoms with Gasteiger partial charge in [-0.2, -0.15) is 0 Å². The van der Waals surface area contributed by atoms with Crippen molar-refractivity contribution >= 4 is 8.88 Å². The van der Waals surface area contributed by atoms with Gasteiger partial charge in [-0.15, -0.1) is 0 Å². The molecule has 0 aliphatic rings. The van der Waals surface area contributed by atoms with Crippen molar-refractivity contribution in [3.8, 4) is 0 Å². The van der Waals surface area contributed by atoms with Gasteiger partial charge in [-0.05, 0) is 27.3 Å². The van der Waals surface area contributed by atoms with Crippen molar-refractivity contribution in [3.63, 3.8) is 0 Å². The highest BCUT2D eigenvalue weighted by Crippen LogP contribution is 2.06. The van der Waals surface area contributed by atoms with Crippen LogP contribution in [-0.2, 0) is 8.85 Å². The summed E-state index contributed by atoms with van der Waals surface area (Å²) in [4.78, 5) is 6.59. The number of rotatable bonds is 5. The maximum atomic E-state index is 5.40. The van der Waals surface area contributed by atoms with Crippen molar-refractivity contribution < 1.29 is 8.85 Å². The van der Waals surface area contributed by atoms with E-state index >= 15 is 0 Å². The van der Waals surface area contributed by atoms with Crippen LogP contribution in [0.25, 0.3) is 0 Å². The summed E-state index contributed by atoms with van der Waals surface area (Å²) >= 11 is 0. The summed E-state index contributed by atoms with van der Waals surface area (Å²) in [7, 11) is 0.949. The summed E-state index contributed by atoms with van der Waals surface area (Å²) in [5.41, 5.74) is -0.0135. The quantitative estimate of drug-likeness (QED) is 0.650. The topological polar surface area (TPSA) is 42.5 Å². The molecule has 0 aromatic rings. The molecule has 5 heteroatoms. The lowest BCUT2D eigenvalue weighted by Crippen LogP contribution is -2.70. The van der Waals surface area contributed by atoms with E-state index < -0.39 is 8.88 Å². The van der Waals surface area contributed by atoms with Crippen LogP contribution < -0.4 is 9.96 Å². The molecule has 0 spiro atoms. The maximum absolute atomic E-state index is 5.40. The minimum Gasteiger partial charge on any atom is -0.374 e. The monoisotopic (exact) mass is 206 g/mol.